The number of fused-ring (bicyclic) bond motifs is 1. The highest BCUT2D eigenvalue weighted by atomic mass is 35.5. The van der Waals surface area contributed by atoms with Crippen LogP contribution >= 0.6 is 23.4 Å². The summed E-state index contributed by atoms with van der Waals surface area (Å²) in [6.07, 6.45) is 1.81. The van der Waals surface area contributed by atoms with Crippen molar-refractivity contribution in [2.24, 2.45) is 0 Å². The third kappa shape index (κ3) is 3.36. The van der Waals surface area contributed by atoms with Gasteiger partial charge in [-0.25, -0.2) is 8.42 Å². The van der Waals surface area contributed by atoms with Gasteiger partial charge in [0.15, 0.2) is 20.6 Å². The van der Waals surface area contributed by atoms with Gasteiger partial charge < -0.3 is 5.32 Å². The van der Waals surface area contributed by atoms with Gasteiger partial charge in [0.25, 0.3) is 0 Å². The molecule has 0 spiro atoms. The molecule has 3 heterocycles. The SMILES string of the molecule is O=C(CSc1nnc2ccccn12)N[C@H]1CS(=O)(=O)C[C@H]1Cl. The van der Waals surface area contributed by atoms with Gasteiger partial charge in [0.2, 0.25) is 5.91 Å². The number of nitrogens with one attached hydrogen (secondary N) is 1. The summed E-state index contributed by atoms with van der Waals surface area (Å²) >= 11 is 7.19. The van der Waals surface area contributed by atoms with Crippen molar-refractivity contribution in [3.05, 3.63) is 24.4 Å². The highest BCUT2D eigenvalue weighted by molar-refractivity contribution is 7.99. The molecule has 0 unspecified atom stereocenters. The highest BCUT2D eigenvalue weighted by Gasteiger charge is 2.37. The van der Waals surface area contributed by atoms with Gasteiger partial charge >= 0.3 is 0 Å². The summed E-state index contributed by atoms with van der Waals surface area (Å²) < 4.78 is 24.7. The lowest BCUT2D eigenvalue weighted by molar-refractivity contribution is -0.119. The monoisotopic (exact) mass is 360 g/mol. The van der Waals surface area contributed by atoms with Crippen LogP contribution in [0.4, 0.5) is 0 Å². The third-order valence-corrected chi connectivity index (χ3v) is 6.56. The number of hydrogen-bond acceptors (Lipinski definition) is 6. The predicted octanol–water partition coefficient (Wildman–Crippen LogP) is 0.342. The molecule has 2 atom stereocenters. The van der Waals surface area contributed by atoms with Crippen LogP contribution in [0.5, 0.6) is 0 Å². The maximum atomic E-state index is 11.9. The summed E-state index contributed by atoms with van der Waals surface area (Å²) in [6, 6.07) is 4.99. The predicted molar refractivity (Wildman–Crippen MR) is 83.9 cm³/mol. The molecule has 0 radical (unpaired) electrons. The Morgan fingerprint density at radius 2 is 2.23 bits per heavy atom. The molecule has 1 N–H and O–H groups in total. The first-order chi connectivity index (χ1) is 10.4. The Bertz CT molecular complexity index is 808. The molecule has 1 saturated heterocycles. The number of thioether (sulfide) groups is 1. The van der Waals surface area contributed by atoms with Crippen molar-refractivity contribution >= 4 is 44.8 Å². The van der Waals surface area contributed by atoms with Crippen LogP contribution in [0.15, 0.2) is 29.6 Å². The Labute approximate surface area is 136 Å². The van der Waals surface area contributed by atoms with E-state index in [0.29, 0.717) is 10.8 Å². The van der Waals surface area contributed by atoms with E-state index in [1.165, 1.54) is 11.8 Å². The van der Waals surface area contributed by atoms with Crippen molar-refractivity contribution in [3.8, 4) is 0 Å². The number of alkyl halides is 1. The van der Waals surface area contributed by atoms with Crippen molar-refractivity contribution in [1.82, 2.24) is 19.9 Å². The number of pyridine rings is 1. The van der Waals surface area contributed by atoms with Crippen LogP contribution in [-0.4, -0.2) is 57.6 Å². The van der Waals surface area contributed by atoms with Crippen LogP contribution in [0, 0.1) is 0 Å². The molecule has 0 saturated carbocycles. The van der Waals surface area contributed by atoms with Gasteiger partial charge in [-0.05, 0) is 12.1 Å². The van der Waals surface area contributed by atoms with Gasteiger partial charge in [0, 0.05) is 6.20 Å². The molecule has 0 bridgehead atoms. The molecule has 0 aliphatic carbocycles. The van der Waals surface area contributed by atoms with Crippen LogP contribution in [0.2, 0.25) is 0 Å². The van der Waals surface area contributed by atoms with Crippen LogP contribution in [-0.2, 0) is 14.6 Å². The number of rotatable bonds is 4. The maximum Gasteiger partial charge on any atom is 0.230 e. The Hall–Kier alpha value is -1.32. The maximum absolute atomic E-state index is 11.9. The fraction of sp³-hybridized carbons (Fsp3) is 0.417. The van der Waals surface area contributed by atoms with Crippen LogP contribution in [0.25, 0.3) is 5.65 Å². The number of carbonyl (C=O) groups excluding carboxylic acids is 1. The first-order valence-corrected chi connectivity index (χ1v) is 9.75. The summed E-state index contributed by atoms with van der Waals surface area (Å²) in [7, 11) is -3.16. The largest absolute Gasteiger partial charge is 0.350 e. The standard InChI is InChI=1S/C12H13ClN4O3S2/c13-8-6-22(19,20)7-9(8)14-11(18)5-21-12-16-15-10-3-1-2-4-17(10)12/h1-4,8-9H,5-7H2,(H,14,18)/t8-,9+/m1/s1. The van der Waals surface area contributed by atoms with Crippen LogP contribution < -0.4 is 5.32 Å². The van der Waals surface area contributed by atoms with E-state index in [9.17, 15) is 13.2 Å². The van der Waals surface area contributed by atoms with Gasteiger partial charge in [-0.2, -0.15) is 0 Å². The molecular formula is C12H13ClN4O3S2. The van der Waals surface area contributed by atoms with E-state index in [-0.39, 0.29) is 23.2 Å². The number of halogens is 1. The average molecular weight is 361 g/mol. The molecule has 1 fully saturated rings. The number of hydrogen-bond donors (Lipinski definition) is 1. The first-order valence-electron chi connectivity index (χ1n) is 6.51. The third-order valence-electron chi connectivity index (χ3n) is 3.24. The van der Waals surface area contributed by atoms with E-state index in [0.717, 1.165) is 0 Å². The second kappa shape index (κ2) is 6.05. The molecule has 2 aromatic heterocycles. The molecule has 3 rings (SSSR count). The van der Waals surface area contributed by atoms with Crippen molar-refractivity contribution in [1.29, 1.82) is 0 Å². The van der Waals surface area contributed by atoms with E-state index in [1.807, 2.05) is 24.4 Å². The van der Waals surface area contributed by atoms with Crippen molar-refractivity contribution < 1.29 is 13.2 Å². The lowest BCUT2D eigenvalue weighted by Crippen LogP contribution is -2.41. The fourth-order valence-electron chi connectivity index (χ4n) is 2.23. The molecule has 118 valence electrons. The van der Waals surface area contributed by atoms with E-state index in [2.05, 4.69) is 15.5 Å². The van der Waals surface area contributed by atoms with Gasteiger partial charge in [0.1, 0.15) is 0 Å². The molecule has 7 nitrogen and oxygen atoms in total. The average Bonchev–Trinajstić information content (AvgIpc) is 2.97. The Morgan fingerprint density at radius 1 is 1.41 bits per heavy atom. The minimum atomic E-state index is -3.16. The minimum Gasteiger partial charge on any atom is -0.350 e. The fourth-order valence-corrected chi connectivity index (χ4v) is 5.52. The number of nitrogens with zero attached hydrogens (tertiary/aromatic N) is 3. The Kier molecular flexibility index (Phi) is 4.28. The van der Waals surface area contributed by atoms with E-state index < -0.39 is 21.3 Å². The topological polar surface area (TPSA) is 93.4 Å². The second-order valence-corrected chi connectivity index (χ2v) is 8.62. The zero-order valence-electron chi connectivity index (χ0n) is 11.3. The Morgan fingerprint density at radius 3 is 2.95 bits per heavy atom. The lowest BCUT2D eigenvalue weighted by Gasteiger charge is -2.13. The molecule has 22 heavy (non-hydrogen) atoms. The van der Waals surface area contributed by atoms with Crippen molar-refractivity contribution in [3.63, 3.8) is 0 Å². The van der Waals surface area contributed by atoms with Gasteiger partial charge in [0.05, 0.1) is 28.7 Å². The molecule has 2 aromatic rings. The summed E-state index contributed by atoms with van der Waals surface area (Å²) in [6.45, 7) is 0. The normalized spacial score (nSPS) is 23.7. The number of carbonyl (C=O) groups is 1. The highest BCUT2D eigenvalue weighted by Crippen LogP contribution is 2.19. The summed E-state index contributed by atoms with van der Waals surface area (Å²) in [5.41, 5.74) is 0.702. The number of sulfone groups is 1. The van der Waals surface area contributed by atoms with Crippen LogP contribution in [0.1, 0.15) is 0 Å². The molecule has 1 amide bonds. The van der Waals surface area contributed by atoms with Crippen molar-refractivity contribution in [2.75, 3.05) is 17.3 Å². The quantitative estimate of drug-likeness (QED) is 0.624. The molecule has 0 aromatic carbocycles. The Balaban J connectivity index is 1.59. The molecule has 1 aliphatic heterocycles. The molecular weight excluding hydrogens is 348 g/mol. The zero-order chi connectivity index (χ0) is 15.7. The van der Waals surface area contributed by atoms with Gasteiger partial charge in [-0.15, -0.1) is 21.8 Å². The molecule has 10 heteroatoms. The van der Waals surface area contributed by atoms with Gasteiger partial charge in [-0.1, -0.05) is 17.8 Å². The number of aromatic nitrogens is 3. The van der Waals surface area contributed by atoms with Gasteiger partial charge in [-0.3, -0.25) is 9.20 Å². The second-order valence-electron chi connectivity index (χ2n) is 4.97. The van der Waals surface area contributed by atoms with E-state index in [1.54, 1.807) is 4.40 Å². The summed E-state index contributed by atoms with van der Waals surface area (Å²) in [4.78, 5) is 11.9. The summed E-state index contributed by atoms with van der Waals surface area (Å²) in [5.74, 6) is -0.353. The zero-order valence-corrected chi connectivity index (χ0v) is 13.7. The van der Waals surface area contributed by atoms with E-state index >= 15 is 0 Å². The smallest absolute Gasteiger partial charge is 0.230 e. The lowest BCUT2D eigenvalue weighted by atomic mass is 10.2. The minimum absolute atomic E-state index is 0.0958. The summed E-state index contributed by atoms with van der Waals surface area (Å²) in [5, 5.41) is 10.7. The van der Waals surface area contributed by atoms with Crippen molar-refractivity contribution in [2.45, 2.75) is 16.6 Å². The van der Waals surface area contributed by atoms with Crippen LogP contribution in [0.3, 0.4) is 0 Å². The first kappa shape index (κ1) is 15.6. The molecule has 1 aliphatic rings. The van der Waals surface area contributed by atoms with E-state index in [4.69, 9.17) is 11.6 Å². The number of amides is 1.